The van der Waals surface area contributed by atoms with Crippen molar-refractivity contribution in [2.24, 2.45) is 4.99 Å². The summed E-state index contributed by atoms with van der Waals surface area (Å²) in [6.45, 7) is 4.59. The number of nitrogens with one attached hydrogen (secondary N) is 2. The number of nitrogens with zero attached hydrogens (tertiary/aromatic N) is 1. The van der Waals surface area contributed by atoms with Gasteiger partial charge in [0, 0.05) is 32.7 Å². The molecule has 1 saturated carbocycles. The van der Waals surface area contributed by atoms with Crippen molar-refractivity contribution in [3.8, 4) is 0 Å². The highest BCUT2D eigenvalue weighted by molar-refractivity contribution is 5.79. The number of ether oxygens (including phenoxy) is 1. The van der Waals surface area contributed by atoms with Crippen LogP contribution in [0.4, 0.5) is 0 Å². The van der Waals surface area contributed by atoms with E-state index in [1.54, 1.807) is 14.2 Å². The van der Waals surface area contributed by atoms with E-state index in [4.69, 9.17) is 4.74 Å². The second kappa shape index (κ2) is 6.75. The third kappa shape index (κ3) is 3.51. The van der Waals surface area contributed by atoms with E-state index >= 15 is 0 Å². The van der Waals surface area contributed by atoms with E-state index in [9.17, 15) is 0 Å². The van der Waals surface area contributed by atoms with E-state index in [-0.39, 0.29) is 0 Å². The third-order valence-electron chi connectivity index (χ3n) is 3.99. The van der Waals surface area contributed by atoms with E-state index in [1.807, 2.05) is 0 Å². The minimum atomic E-state index is 0.296. The molecule has 0 aliphatic heterocycles. The fourth-order valence-corrected chi connectivity index (χ4v) is 2.61. The molecule has 1 aromatic carbocycles. The van der Waals surface area contributed by atoms with Gasteiger partial charge in [-0.15, -0.1) is 0 Å². The average molecular weight is 275 g/mol. The van der Waals surface area contributed by atoms with Gasteiger partial charge in [-0.05, 0) is 30.9 Å². The first-order chi connectivity index (χ1) is 9.72. The highest BCUT2D eigenvalue weighted by atomic mass is 16.5. The van der Waals surface area contributed by atoms with Gasteiger partial charge >= 0.3 is 0 Å². The maximum atomic E-state index is 5.03. The molecule has 1 fully saturated rings. The van der Waals surface area contributed by atoms with Crippen LogP contribution in [0.5, 0.6) is 0 Å². The predicted molar refractivity (Wildman–Crippen MR) is 83.3 cm³/mol. The number of hydrogen-bond acceptors (Lipinski definition) is 2. The molecule has 0 radical (unpaired) electrons. The van der Waals surface area contributed by atoms with Crippen LogP contribution in [0.25, 0.3) is 0 Å². The molecule has 0 atom stereocenters. The molecule has 2 N–H and O–H groups in total. The Morgan fingerprint density at radius 3 is 2.65 bits per heavy atom. The zero-order valence-corrected chi connectivity index (χ0v) is 12.7. The summed E-state index contributed by atoms with van der Waals surface area (Å²) in [6, 6.07) is 8.69. The average Bonchev–Trinajstić information content (AvgIpc) is 3.24. The molecule has 2 rings (SSSR count). The van der Waals surface area contributed by atoms with Gasteiger partial charge in [-0.25, -0.2) is 0 Å². The second-order valence-electron chi connectivity index (χ2n) is 5.44. The van der Waals surface area contributed by atoms with Crippen LogP contribution < -0.4 is 10.6 Å². The highest BCUT2D eigenvalue weighted by Gasteiger charge is 2.44. The van der Waals surface area contributed by atoms with E-state index in [0.717, 1.165) is 19.0 Å². The molecule has 0 aromatic heterocycles. The van der Waals surface area contributed by atoms with Gasteiger partial charge in [0.05, 0.1) is 6.61 Å². The summed E-state index contributed by atoms with van der Waals surface area (Å²) in [4.78, 5) is 4.25. The maximum Gasteiger partial charge on any atom is 0.191 e. The number of methoxy groups -OCH3 is 1. The Morgan fingerprint density at radius 1 is 1.30 bits per heavy atom. The van der Waals surface area contributed by atoms with Crippen molar-refractivity contribution in [1.29, 1.82) is 0 Å². The maximum absolute atomic E-state index is 5.03. The fraction of sp³-hybridized carbons (Fsp3) is 0.562. The summed E-state index contributed by atoms with van der Waals surface area (Å²) < 4.78 is 5.03. The van der Waals surface area contributed by atoms with Gasteiger partial charge < -0.3 is 15.4 Å². The number of rotatable bonds is 6. The zero-order valence-electron chi connectivity index (χ0n) is 12.7. The number of guanidine groups is 1. The fourth-order valence-electron chi connectivity index (χ4n) is 2.61. The van der Waals surface area contributed by atoms with Gasteiger partial charge in [-0.2, -0.15) is 0 Å². The highest BCUT2D eigenvalue weighted by Crippen LogP contribution is 2.48. The lowest BCUT2D eigenvalue weighted by Crippen LogP contribution is -2.42. The molecule has 0 bridgehead atoms. The molecule has 0 saturated heterocycles. The van der Waals surface area contributed by atoms with Crippen LogP contribution >= 0.6 is 0 Å². The number of hydrogen-bond donors (Lipinski definition) is 2. The molecule has 1 aromatic rings. The van der Waals surface area contributed by atoms with Crippen molar-refractivity contribution < 1.29 is 4.74 Å². The SMILES string of the molecule is CN=C(NCCOC)NCC1(c2ccccc2C)CC1. The molecule has 4 nitrogen and oxygen atoms in total. The summed E-state index contributed by atoms with van der Waals surface area (Å²) in [5.74, 6) is 0.849. The van der Waals surface area contributed by atoms with Crippen molar-refractivity contribution in [1.82, 2.24) is 10.6 Å². The lowest BCUT2D eigenvalue weighted by atomic mass is 9.92. The molecular formula is C16H25N3O. The zero-order chi connectivity index (χ0) is 14.4. The molecule has 0 amide bonds. The smallest absolute Gasteiger partial charge is 0.191 e. The molecular weight excluding hydrogens is 250 g/mol. The Labute approximate surface area is 121 Å². The normalized spacial score (nSPS) is 16.9. The molecule has 0 unspecified atom stereocenters. The first-order valence-corrected chi connectivity index (χ1v) is 7.21. The van der Waals surface area contributed by atoms with Gasteiger partial charge in [0.25, 0.3) is 0 Å². The third-order valence-corrected chi connectivity index (χ3v) is 3.99. The van der Waals surface area contributed by atoms with Crippen molar-refractivity contribution in [3.63, 3.8) is 0 Å². The number of benzene rings is 1. The van der Waals surface area contributed by atoms with Crippen molar-refractivity contribution in [2.45, 2.75) is 25.2 Å². The Balaban J connectivity index is 1.91. The molecule has 110 valence electrons. The molecule has 1 aliphatic rings. The Kier molecular flexibility index (Phi) is 5.01. The summed E-state index contributed by atoms with van der Waals surface area (Å²) >= 11 is 0. The largest absolute Gasteiger partial charge is 0.383 e. The van der Waals surface area contributed by atoms with Gasteiger partial charge in [-0.1, -0.05) is 24.3 Å². The summed E-state index contributed by atoms with van der Waals surface area (Å²) in [6.07, 6.45) is 2.50. The predicted octanol–water partition coefficient (Wildman–Crippen LogP) is 1.84. The van der Waals surface area contributed by atoms with E-state index < -0.39 is 0 Å². The van der Waals surface area contributed by atoms with Crippen LogP contribution in [0, 0.1) is 6.92 Å². The van der Waals surface area contributed by atoms with Gasteiger partial charge in [-0.3, -0.25) is 4.99 Å². The Hall–Kier alpha value is -1.55. The van der Waals surface area contributed by atoms with Crippen molar-refractivity contribution >= 4 is 5.96 Å². The quantitative estimate of drug-likeness (QED) is 0.473. The van der Waals surface area contributed by atoms with E-state index in [0.29, 0.717) is 12.0 Å². The lowest BCUT2D eigenvalue weighted by Gasteiger charge is -2.20. The van der Waals surface area contributed by atoms with E-state index in [2.05, 4.69) is 46.8 Å². The summed E-state index contributed by atoms with van der Waals surface area (Å²) in [5, 5.41) is 6.69. The topological polar surface area (TPSA) is 45.7 Å². The van der Waals surface area contributed by atoms with Gasteiger partial charge in [0.2, 0.25) is 0 Å². The van der Waals surface area contributed by atoms with Crippen LogP contribution in [0.1, 0.15) is 24.0 Å². The molecule has 0 spiro atoms. The summed E-state index contributed by atoms with van der Waals surface area (Å²) in [7, 11) is 3.50. The van der Waals surface area contributed by atoms with Crippen LogP contribution in [0.2, 0.25) is 0 Å². The Morgan fingerprint density at radius 2 is 2.05 bits per heavy atom. The Bertz CT molecular complexity index is 467. The monoisotopic (exact) mass is 275 g/mol. The van der Waals surface area contributed by atoms with Crippen LogP contribution in [0.15, 0.2) is 29.3 Å². The minimum Gasteiger partial charge on any atom is -0.383 e. The lowest BCUT2D eigenvalue weighted by molar-refractivity contribution is 0.203. The number of aryl methyl sites for hydroxylation is 1. The van der Waals surface area contributed by atoms with E-state index in [1.165, 1.54) is 24.0 Å². The minimum absolute atomic E-state index is 0.296. The molecule has 4 heteroatoms. The van der Waals surface area contributed by atoms with Crippen LogP contribution in [0.3, 0.4) is 0 Å². The van der Waals surface area contributed by atoms with Gasteiger partial charge in [0.15, 0.2) is 5.96 Å². The standard InChI is InChI=1S/C16H25N3O/c1-13-6-4-5-7-14(13)16(8-9-16)12-19-15(17-2)18-10-11-20-3/h4-7H,8-12H2,1-3H3,(H2,17,18,19). The second-order valence-corrected chi connectivity index (χ2v) is 5.44. The van der Waals surface area contributed by atoms with Gasteiger partial charge in [0.1, 0.15) is 0 Å². The van der Waals surface area contributed by atoms with Crippen molar-refractivity contribution in [2.75, 3.05) is 33.9 Å². The number of aliphatic imine (C=N–C) groups is 1. The molecule has 1 aliphatic carbocycles. The van der Waals surface area contributed by atoms with Crippen LogP contribution in [-0.4, -0.2) is 39.8 Å². The summed E-state index contributed by atoms with van der Waals surface area (Å²) in [5.41, 5.74) is 3.15. The van der Waals surface area contributed by atoms with Crippen LogP contribution in [-0.2, 0) is 10.2 Å². The van der Waals surface area contributed by atoms with Crippen molar-refractivity contribution in [3.05, 3.63) is 35.4 Å². The molecule has 20 heavy (non-hydrogen) atoms. The first kappa shape index (κ1) is 14.9. The first-order valence-electron chi connectivity index (χ1n) is 7.21. The molecule has 0 heterocycles.